The number of halogens is 2. The van der Waals surface area contributed by atoms with Gasteiger partial charge in [0.25, 0.3) is 0 Å². The Balaban J connectivity index is 1.79. The summed E-state index contributed by atoms with van der Waals surface area (Å²) in [6.45, 7) is 0.737. The van der Waals surface area contributed by atoms with Gasteiger partial charge in [0.15, 0.2) is 0 Å². The van der Waals surface area contributed by atoms with Gasteiger partial charge in [0.2, 0.25) is 0 Å². The van der Waals surface area contributed by atoms with Crippen LogP contribution in [0, 0.1) is 5.82 Å². The van der Waals surface area contributed by atoms with Gasteiger partial charge in [-0.2, -0.15) is 0 Å². The second-order valence-electron chi connectivity index (χ2n) is 6.02. The first-order valence-electron chi connectivity index (χ1n) is 7.36. The van der Waals surface area contributed by atoms with E-state index in [1.807, 2.05) is 11.0 Å². The van der Waals surface area contributed by atoms with Crippen molar-refractivity contribution in [2.75, 3.05) is 18.6 Å². The van der Waals surface area contributed by atoms with Crippen molar-refractivity contribution in [3.05, 3.63) is 52.6 Å². The maximum atomic E-state index is 13.8. The number of hydrogen-bond donors (Lipinski definition) is 0. The molecule has 23 heavy (non-hydrogen) atoms. The van der Waals surface area contributed by atoms with Crippen LogP contribution in [0.15, 0.2) is 30.3 Å². The Labute approximate surface area is 137 Å². The molecule has 0 N–H and O–H groups in total. The van der Waals surface area contributed by atoms with Crippen molar-refractivity contribution in [1.29, 1.82) is 0 Å². The van der Waals surface area contributed by atoms with Crippen molar-refractivity contribution in [1.82, 2.24) is 4.98 Å². The molecule has 0 saturated heterocycles. The summed E-state index contributed by atoms with van der Waals surface area (Å²) in [5.74, 6) is -0.888. The fraction of sp³-hybridized carbons (Fsp3) is 0.294. The minimum absolute atomic E-state index is 0.0323. The molecule has 1 aliphatic carbocycles. The molecule has 0 amide bonds. The van der Waals surface area contributed by atoms with Crippen LogP contribution in [0.25, 0.3) is 0 Å². The van der Waals surface area contributed by atoms with E-state index < -0.39 is 11.8 Å². The second-order valence-corrected chi connectivity index (χ2v) is 6.43. The number of carbonyl (C=O) groups excluding carboxylic acids is 1. The fourth-order valence-corrected chi connectivity index (χ4v) is 3.29. The van der Waals surface area contributed by atoms with E-state index in [9.17, 15) is 9.18 Å². The van der Waals surface area contributed by atoms with Gasteiger partial charge in [-0.3, -0.25) is 0 Å². The predicted octanol–water partition coefficient (Wildman–Crippen LogP) is 3.84. The Morgan fingerprint density at radius 1 is 1.35 bits per heavy atom. The molecule has 1 aromatic heterocycles. The van der Waals surface area contributed by atoms with Crippen LogP contribution in [0.2, 0.25) is 5.02 Å². The van der Waals surface area contributed by atoms with Gasteiger partial charge in [-0.25, -0.2) is 14.2 Å². The second kappa shape index (κ2) is 4.93. The Hall–Kier alpha value is -2.14. The summed E-state index contributed by atoms with van der Waals surface area (Å²) in [5.41, 5.74) is 2.83. The van der Waals surface area contributed by atoms with Crippen LogP contribution in [0.5, 0.6) is 0 Å². The SMILES string of the molecule is COC(=O)c1ccc2c(n1)C1(CC1)CN2c1ccc(Cl)c(F)c1. The van der Waals surface area contributed by atoms with E-state index in [-0.39, 0.29) is 10.4 Å². The third-order valence-electron chi connectivity index (χ3n) is 4.59. The zero-order valence-corrected chi connectivity index (χ0v) is 13.2. The maximum Gasteiger partial charge on any atom is 0.356 e. The van der Waals surface area contributed by atoms with Crippen LogP contribution >= 0.6 is 11.6 Å². The lowest BCUT2D eigenvalue weighted by Crippen LogP contribution is -2.19. The average molecular weight is 333 g/mol. The molecular formula is C17H14ClFN2O2. The molecule has 0 bridgehead atoms. The number of ether oxygens (including phenoxy) is 1. The van der Waals surface area contributed by atoms with Crippen molar-refractivity contribution in [2.45, 2.75) is 18.3 Å². The molecule has 1 saturated carbocycles. The van der Waals surface area contributed by atoms with Gasteiger partial charge in [-0.15, -0.1) is 0 Å². The lowest BCUT2D eigenvalue weighted by Gasteiger charge is -2.20. The molecule has 118 valence electrons. The number of rotatable bonds is 2. The van der Waals surface area contributed by atoms with Crippen LogP contribution in [-0.2, 0) is 10.2 Å². The number of anilines is 2. The van der Waals surface area contributed by atoms with E-state index in [4.69, 9.17) is 16.3 Å². The molecule has 6 heteroatoms. The fourth-order valence-electron chi connectivity index (χ4n) is 3.17. The summed E-state index contributed by atoms with van der Waals surface area (Å²) in [6, 6.07) is 8.28. The molecule has 1 aromatic carbocycles. The molecule has 1 spiro atoms. The highest BCUT2D eigenvalue weighted by molar-refractivity contribution is 6.30. The van der Waals surface area contributed by atoms with E-state index in [0.717, 1.165) is 36.5 Å². The predicted molar refractivity (Wildman–Crippen MR) is 84.9 cm³/mol. The van der Waals surface area contributed by atoms with Crippen molar-refractivity contribution in [3.63, 3.8) is 0 Å². The number of aromatic nitrogens is 1. The monoisotopic (exact) mass is 332 g/mol. The van der Waals surface area contributed by atoms with Crippen LogP contribution in [0.4, 0.5) is 15.8 Å². The quantitative estimate of drug-likeness (QED) is 0.784. The summed E-state index contributed by atoms with van der Waals surface area (Å²) < 4.78 is 18.5. The molecular weight excluding hydrogens is 319 g/mol. The van der Waals surface area contributed by atoms with E-state index >= 15 is 0 Å². The molecule has 1 fully saturated rings. The number of fused-ring (bicyclic) bond motifs is 2. The number of pyridine rings is 1. The van der Waals surface area contributed by atoms with Crippen molar-refractivity contribution in [2.24, 2.45) is 0 Å². The number of hydrogen-bond acceptors (Lipinski definition) is 4. The molecule has 0 radical (unpaired) electrons. The number of methoxy groups -OCH3 is 1. The zero-order chi connectivity index (χ0) is 16.2. The molecule has 4 rings (SSSR count). The Morgan fingerprint density at radius 2 is 2.13 bits per heavy atom. The summed E-state index contributed by atoms with van der Waals surface area (Å²) in [6.07, 6.45) is 2.04. The van der Waals surface area contributed by atoms with E-state index in [1.54, 1.807) is 18.2 Å². The Bertz CT molecular complexity index is 820. The highest BCUT2D eigenvalue weighted by Gasteiger charge is 2.53. The molecule has 0 unspecified atom stereocenters. The van der Waals surface area contributed by atoms with E-state index in [2.05, 4.69) is 4.98 Å². The van der Waals surface area contributed by atoms with Crippen LogP contribution in [0.1, 0.15) is 29.0 Å². The molecule has 0 atom stereocenters. The molecule has 4 nitrogen and oxygen atoms in total. The minimum Gasteiger partial charge on any atom is -0.464 e. The number of benzene rings is 1. The summed E-state index contributed by atoms with van der Waals surface area (Å²) in [4.78, 5) is 18.3. The Morgan fingerprint density at radius 3 is 2.78 bits per heavy atom. The van der Waals surface area contributed by atoms with Crippen LogP contribution in [0.3, 0.4) is 0 Å². The van der Waals surface area contributed by atoms with E-state index in [0.29, 0.717) is 5.69 Å². The Kier molecular flexibility index (Phi) is 3.10. The maximum absolute atomic E-state index is 13.8. The van der Waals surface area contributed by atoms with Gasteiger partial charge in [0.1, 0.15) is 11.5 Å². The van der Waals surface area contributed by atoms with Gasteiger partial charge in [-0.1, -0.05) is 11.6 Å². The molecule has 2 heterocycles. The van der Waals surface area contributed by atoms with Gasteiger partial charge in [0.05, 0.1) is 23.5 Å². The topological polar surface area (TPSA) is 42.4 Å². The van der Waals surface area contributed by atoms with Crippen molar-refractivity contribution >= 4 is 28.9 Å². The molecule has 1 aliphatic heterocycles. The molecule has 2 aliphatic rings. The van der Waals surface area contributed by atoms with Gasteiger partial charge in [-0.05, 0) is 43.2 Å². The first-order valence-corrected chi connectivity index (χ1v) is 7.74. The first kappa shape index (κ1) is 14.5. The summed E-state index contributed by atoms with van der Waals surface area (Å²) in [5, 5.41) is 0.105. The molecule has 2 aromatic rings. The van der Waals surface area contributed by atoms with Crippen molar-refractivity contribution < 1.29 is 13.9 Å². The first-order chi connectivity index (χ1) is 11.0. The van der Waals surface area contributed by atoms with E-state index in [1.165, 1.54) is 13.2 Å². The third-order valence-corrected chi connectivity index (χ3v) is 4.90. The lowest BCUT2D eigenvalue weighted by molar-refractivity contribution is 0.0593. The number of carbonyl (C=O) groups is 1. The number of nitrogens with zero attached hydrogens (tertiary/aromatic N) is 2. The highest BCUT2D eigenvalue weighted by Crippen LogP contribution is 2.57. The lowest BCUT2D eigenvalue weighted by atomic mass is 10.0. The van der Waals surface area contributed by atoms with Gasteiger partial charge < -0.3 is 9.64 Å². The van der Waals surface area contributed by atoms with Gasteiger partial charge in [0, 0.05) is 17.6 Å². The van der Waals surface area contributed by atoms with Crippen molar-refractivity contribution in [3.8, 4) is 0 Å². The largest absolute Gasteiger partial charge is 0.464 e. The smallest absolute Gasteiger partial charge is 0.356 e. The summed E-state index contributed by atoms with van der Waals surface area (Å²) in [7, 11) is 1.34. The average Bonchev–Trinajstić information content (AvgIpc) is 3.27. The highest BCUT2D eigenvalue weighted by atomic mass is 35.5. The number of esters is 1. The van der Waals surface area contributed by atoms with Crippen LogP contribution in [-0.4, -0.2) is 24.6 Å². The minimum atomic E-state index is -0.445. The van der Waals surface area contributed by atoms with Gasteiger partial charge >= 0.3 is 5.97 Å². The summed E-state index contributed by atoms with van der Waals surface area (Å²) >= 11 is 5.77. The normalized spacial score (nSPS) is 17.3. The third kappa shape index (κ3) is 2.18. The zero-order valence-electron chi connectivity index (χ0n) is 12.5. The van der Waals surface area contributed by atoms with Crippen LogP contribution < -0.4 is 4.90 Å². The standard InChI is InChI=1S/C17H14ClFN2O2/c1-23-16(22)13-4-5-14-15(20-13)17(6-7-17)9-21(14)10-2-3-11(18)12(19)8-10/h2-5,8H,6-7,9H2,1H3.